The van der Waals surface area contributed by atoms with Gasteiger partial charge in [0.15, 0.2) is 0 Å². The summed E-state index contributed by atoms with van der Waals surface area (Å²) >= 11 is 0.749. The van der Waals surface area contributed by atoms with E-state index in [2.05, 4.69) is 62.4 Å². The van der Waals surface area contributed by atoms with Gasteiger partial charge in [-0.3, -0.25) is 0 Å². The first kappa shape index (κ1) is 14.0. The van der Waals surface area contributed by atoms with Crippen LogP contribution < -0.4 is 7.56 Å². The van der Waals surface area contributed by atoms with E-state index in [-0.39, 0.29) is 24.0 Å². The molecule has 2 heteroatoms. The van der Waals surface area contributed by atoms with Crippen LogP contribution in [0, 0.1) is 13.8 Å². The Kier molecular flexibility index (Phi) is 5.76. The molecule has 89 valence electrons. The van der Waals surface area contributed by atoms with Gasteiger partial charge in [-0.15, -0.1) is 24.0 Å². The SMILES string of the molecule is Cc1cc[c]([Ag][c]2ccc(C)cc2)cc1.I. The summed E-state index contributed by atoms with van der Waals surface area (Å²) in [5.41, 5.74) is 2.65. The fourth-order valence-electron chi connectivity index (χ4n) is 1.24. The molecule has 0 heterocycles. The third-order valence-corrected chi connectivity index (χ3v) is 3.99. The molecule has 0 saturated carbocycles. The molecular formula is C14H15AgI. The molecule has 0 aromatic heterocycles. The van der Waals surface area contributed by atoms with Gasteiger partial charge in [-0.05, 0) is 0 Å². The Morgan fingerprint density at radius 2 is 0.938 bits per heavy atom. The summed E-state index contributed by atoms with van der Waals surface area (Å²) in [6.07, 6.45) is 0. The van der Waals surface area contributed by atoms with Gasteiger partial charge in [0.05, 0.1) is 0 Å². The van der Waals surface area contributed by atoms with Crippen LogP contribution in [0.4, 0.5) is 0 Å². The molecule has 2 aromatic carbocycles. The van der Waals surface area contributed by atoms with Crippen LogP contribution in [-0.4, -0.2) is 0 Å². The summed E-state index contributed by atoms with van der Waals surface area (Å²) in [7, 11) is 0. The van der Waals surface area contributed by atoms with E-state index >= 15 is 0 Å². The first-order valence-electron chi connectivity index (χ1n) is 4.94. The predicted octanol–water partition coefficient (Wildman–Crippen LogP) is 2.95. The van der Waals surface area contributed by atoms with Crippen molar-refractivity contribution in [1.29, 1.82) is 0 Å². The largest absolute Gasteiger partial charge is 0.107 e. The summed E-state index contributed by atoms with van der Waals surface area (Å²) in [4.78, 5) is 0. The molecule has 0 N–H and O–H groups in total. The van der Waals surface area contributed by atoms with Crippen LogP contribution in [0.15, 0.2) is 48.5 Å². The van der Waals surface area contributed by atoms with Crippen molar-refractivity contribution in [1.82, 2.24) is 0 Å². The maximum atomic E-state index is 2.22. The zero-order valence-corrected chi connectivity index (χ0v) is 13.1. The zero-order valence-electron chi connectivity index (χ0n) is 9.33. The van der Waals surface area contributed by atoms with Gasteiger partial charge in [0.2, 0.25) is 0 Å². The van der Waals surface area contributed by atoms with E-state index in [1.165, 1.54) is 18.7 Å². The normalized spacial score (nSPS) is 9.88. The number of rotatable bonds is 2. The van der Waals surface area contributed by atoms with Crippen molar-refractivity contribution >= 4 is 31.5 Å². The number of halogens is 1. The van der Waals surface area contributed by atoms with Gasteiger partial charge in [-0.1, -0.05) is 0 Å². The minimum absolute atomic E-state index is 0. The van der Waals surface area contributed by atoms with Crippen molar-refractivity contribution in [3.8, 4) is 0 Å². The molecular weight excluding hydrogens is 403 g/mol. The van der Waals surface area contributed by atoms with Crippen molar-refractivity contribution in [2.75, 3.05) is 0 Å². The topological polar surface area (TPSA) is 0 Å². The molecule has 0 fully saturated rings. The Labute approximate surface area is 124 Å². The fraction of sp³-hybridized carbons (Fsp3) is 0.143. The quantitative estimate of drug-likeness (QED) is 0.520. The molecule has 0 aliphatic carbocycles. The van der Waals surface area contributed by atoms with Gasteiger partial charge < -0.3 is 0 Å². The van der Waals surface area contributed by atoms with Gasteiger partial charge in [0, 0.05) is 0 Å². The molecule has 0 saturated heterocycles. The van der Waals surface area contributed by atoms with E-state index in [1.54, 1.807) is 0 Å². The van der Waals surface area contributed by atoms with Crippen LogP contribution in [0.1, 0.15) is 11.1 Å². The maximum absolute atomic E-state index is 2.22. The summed E-state index contributed by atoms with van der Waals surface area (Å²) in [5.74, 6) is 0. The number of benzene rings is 2. The molecule has 0 unspecified atom stereocenters. The summed E-state index contributed by atoms with van der Waals surface area (Å²) in [5, 5.41) is 0. The Hall–Kier alpha value is -0.0897. The Balaban J connectivity index is 0.00000128. The van der Waals surface area contributed by atoms with E-state index in [0.717, 1.165) is 19.8 Å². The average molecular weight is 418 g/mol. The summed E-state index contributed by atoms with van der Waals surface area (Å²) in [6, 6.07) is 17.6. The van der Waals surface area contributed by atoms with Crippen LogP contribution in [0.3, 0.4) is 0 Å². The second-order valence-corrected chi connectivity index (χ2v) is 5.66. The van der Waals surface area contributed by atoms with Gasteiger partial charge >= 0.3 is 101 Å². The van der Waals surface area contributed by atoms with Crippen molar-refractivity contribution in [2.45, 2.75) is 13.8 Å². The predicted molar refractivity (Wildman–Crippen MR) is 77.0 cm³/mol. The fourth-order valence-corrected chi connectivity index (χ4v) is 2.72. The molecule has 0 atom stereocenters. The first-order valence-corrected chi connectivity index (χ1v) is 6.43. The number of aryl methyl sites for hydroxylation is 2. The molecule has 2 aromatic rings. The van der Waals surface area contributed by atoms with Gasteiger partial charge in [0.25, 0.3) is 0 Å². The van der Waals surface area contributed by atoms with E-state index in [0.29, 0.717) is 0 Å². The monoisotopic (exact) mass is 417 g/mol. The molecule has 0 bridgehead atoms. The first-order chi connectivity index (χ1) is 7.24. The van der Waals surface area contributed by atoms with Crippen LogP contribution in [0.2, 0.25) is 0 Å². The standard InChI is InChI=1S/2C7H7.Ag.HI/c2*1-7-5-3-2-4-6-7;;/h2*3-6H,1H3;;1H. The van der Waals surface area contributed by atoms with Crippen LogP contribution >= 0.6 is 24.0 Å². The van der Waals surface area contributed by atoms with Crippen LogP contribution in [0.5, 0.6) is 0 Å². The van der Waals surface area contributed by atoms with Crippen molar-refractivity contribution in [2.24, 2.45) is 0 Å². The minimum Gasteiger partial charge on any atom is -0.107 e. The smallest absolute Gasteiger partial charge is 0.107 e. The molecule has 0 spiro atoms. The summed E-state index contributed by atoms with van der Waals surface area (Å²) in [6.45, 7) is 4.25. The maximum Gasteiger partial charge on any atom is -0.107 e. The molecule has 0 aliphatic heterocycles. The molecule has 0 amide bonds. The zero-order chi connectivity index (χ0) is 10.7. The van der Waals surface area contributed by atoms with E-state index in [9.17, 15) is 0 Å². The van der Waals surface area contributed by atoms with Gasteiger partial charge in [-0.2, -0.15) is 0 Å². The van der Waals surface area contributed by atoms with E-state index in [1.807, 2.05) is 0 Å². The van der Waals surface area contributed by atoms with E-state index < -0.39 is 0 Å². The second-order valence-electron chi connectivity index (χ2n) is 3.58. The third kappa shape index (κ3) is 4.06. The molecule has 0 nitrogen and oxygen atoms in total. The molecule has 2 rings (SSSR count). The van der Waals surface area contributed by atoms with Crippen molar-refractivity contribution in [3.05, 3.63) is 59.7 Å². The minimum atomic E-state index is 0. The average Bonchev–Trinajstić information content (AvgIpc) is 2.25. The Morgan fingerprint density at radius 3 is 1.25 bits per heavy atom. The van der Waals surface area contributed by atoms with Crippen LogP contribution in [-0.2, 0) is 19.8 Å². The summed E-state index contributed by atoms with van der Waals surface area (Å²) < 4.78 is 2.82. The molecule has 0 aliphatic rings. The van der Waals surface area contributed by atoms with Crippen LogP contribution in [0.25, 0.3) is 0 Å². The van der Waals surface area contributed by atoms with E-state index in [4.69, 9.17) is 0 Å². The Morgan fingerprint density at radius 1 is 0.625 bits per heavy atom. The number of hydrogen-bond donors (Lipinski definition) is 0. The van der Waals surface area contributed by atoms with Crippen molar-refractivity contribution in [3.63, 3.8) is 0 Å². The molecule has 16 heavy (non-hydrogen) atoms. The molecule has 0 radical (unpaired) electrons. The Bertz CT molecular complexity index is 388. The number of hydrogen-bond acceptors (Lipinski definition) is 0. The third-order valence-electron chi connectivity index (χ3n) is 2.14. The van der Waals surface area contributed by atoms with Gasteiger partial charge in [-0.25, -0.2) is 0 Å². The van der Waals surface area contributed by atoms with Crippen molar-refractivity contribution < 1.29 is 19.8 Å². The van der Waals surface area contributed by atoms with Gasteiger partial charge in [0.1, 0.15) is 0 Å². The second kappa shape index (κ2) is 6.60.